The highest BCUT2D eigenvalue weighted by Crippen LogP contribution is 2.49. The number of nitrogens with zero attached hydrogens (tertiary/aromatic N) is 3. The number of aromatic nitrogens is 3. The van der Waals surface area contributed by atoms with Gasteiger partial charge < -0.3 is 9.13 Å². The lowest BCUT2D eigenvalue weighted by molar-refractivity contribution is 1.18. The molecule has 54 heavy (non-hydrogen) atoms. The summed E-state index contributed by atoms with van der Waals surface area (Å²) in [6.45, 7) is 0. The molecule has 0 N–H and O–H groups in total. The first kappa shape index (κ1) is 29.4. The van der Waals surface area contributed by atoms with E-state index < -0.39 is 0 Å². The molecule has 0 atom stereocenters. The quantitative estimate of drug-likeness (QED) is 0.181. The Kier molecular flexibility index (Phi) is 6.05. The minimum absolute atomic E-state index is 1.08. The predicted octanol–water partition coefficient (Wildman–Crippen LogP) is 13.4. The monoisotopic (exact) mass is 685 g/mol. The molecule has 250 valence electrons. The maximum atomic E-state index is 4.78. The Balaban J connectivity index is 1.08. The van der Waals surface area contributed by atoms with Gasteiger partial charge in [-0.1, -0.05) is 109 Å². The SMILES string of the molecule is c1ccc(-n2c3ccccc3c3cc(-c4ccc5c(c4)c4cc(-c6ccc7c8c(cccc68)-c6ncccc6-7)ccc4n5-c4ccccc4)ccc32)cc1. The van der Waals surface area contributed by atoms with Crippen LogP contribution in [0, 0.1) is 0 Å². The summed E-state index contributed by atoms with van der Waals surface area (Å²) in [5.41, 5.74) is 16.8. The standard InChI is InChI=1S/C51H31N3/c1-3-11-35(12-4-1)53-46-19-8-7-15-38(46)43-29-32(20-25-47(43)53)33-21-26-48-44(30-33)45-31-34(22-27-49(45)54(48)36-13-5-2-6-14-36)37-23-24-40-41-18-10-28-52-51(41)42-17-9-16-39(37)50(40)42/h1-31H. The van der Waals surface area contributed by atoms with Crippen LogP contribution in [0.3, 0.4) is 0 Å². The fraction of sp³-hybridized carbons (Fsp3) is 0. The molecule has 1 aliphatic carbocycles. The second kappa shape index (κ2) is 11.1. The smallest absolute Gasteiger partial charge is 0.0786 e. The lowest BCUT2D eigenvalue weighted by Gasteiger charge is -2.11. The van der Waals surface area contributed by atoms with Crippen molar-refractivity contribution in [1.82, 2.24) is 14.1 Å². The van der Waals surface area contributed by atoms with E-state index in [2.05, 4.69) is 185 Å². The van der Waals surface area contributed by atoms with E-state index in [1.807, 2.05) is 12.3 Å². The van der Waals surface area contributed by atoms with Crippen LogP contribution in [-0.2, 0) is 0 Å². The molecule has 3 heterocycles. The summed E-state index contributed by atoms with van der Waals surface area (Å²) in [7, 11) is 0. The summed E-state index contributed by atoms with van der Waals surface area (Å²) in [4.78, 5) is 4.78. The van der Waals surface area contributed by atoms with Crippen LogP contribution in [0.2, 0.25) is 0 Å². The first-order valence-corrected chi connectivity index (χ1v) is 18.5. The number of rotatable bonds is 4. The van der Waals surface area contributed by atoms with Gasteiger partial charge in [0, 0.05) is 50.2 Å². The van der Waals surface area contributed by atoms with Crippen molar-refractivity contribution in [3.63, 3.8) is 0 Å². The predicted molar refractivity (Wildman–Crippen MR) is 226 cm³/mol. The van der Waals surface area contributed by atoms with Crippen molar-refractivity contribution in [3.8, 4) is 56.0 Å². The molecular weight excluding hydrogens is 655 g/mol. The molecule has 11 aromatic rings. The van der Waals surface area contributed by atoms with E-state index in [4.69, 9.17) is 4.98 Å². The minimum atomic E-state index is 1.08. The van der Waals surface area contributed by atoms with Gasteiger partial charge in [-0.05, 0) is 111 Å². The highest BCUT2D eigenvalue weighted by Gasteiger charge is 2.24. The van der Waals surface area contributed by atoms with Crippen molar-refractivity contribution in [2.24, 2.45) is 0 Å². The van der Waals surface area contributed by atoms with Crippen molar-refractivity contribution in [2.75, 3.05) is 0 Å². The van der Waals surface area contributed by atoms with E-state index in [1.165, 1.54) is 99.0 Å². The van der Waals surface area contributed by atoms with E-state index >= 15 is 0 Å². The summed E-state index contributed by atoms with van der Waals surface area (Å²) in [5, 5.41) is 7.55. The van der Waals surface area contributed by atoms with Crippen molar-refractivity contribution in [2.45, 2.75) is 0 Å². The average molecular weight is 686 g/mol. The van der Waals surface area contributed by atoms with Gasteiger partial charge in [-0.3, -0.25) is 4.98 Å². The number of benzene rings is 8. The third kappa shape index (κ3) is 4.09. The number of hydrogen-bond donors (Lipinski definition) is 0. The molecule has 0 amide bonds. The number of hydrogen-bond acceptors (Lipinski definition) is 1. The van der Waals surface area contributed by atoms with Gasteiger partial charge in [0.15, 0.2) is 0 Å². The van der Waals surface area contributed by atoms with Gasteiger partial charge in [0.05, 0.1) is 27.8 Å². The molecule has 0 spiro atoms. The Bertz CT molecular complexity index is 3280. The van der Waals surface area contributed by atoms with E-state index in [9.17, 15) is 0 Å². The fourth-order valence-electron chi connectivity index (χ4n) is 9.15. The van der Waals surface area contributed by atoms with Crippen LogP contribution in [0.1, 0.15) is 0 Å². The molecule has 3 aromatic heterocycles. The van der Waals surface area contributed by atoms with Crippen LogP contribution >= 0.6 is 0 Å². The molecule has 0 bridgehead atoms. The largest absolute Gasteiger partial charge is 0.309 e. The van der Waals surface area contributed by atoms with E-state index in [0.29, 0.717) is 0 Å². The average Bonchev–Trinajstić information content (AvgIpc) is 3.87. The number of para-hydroxylation sites is 3. The molecule has 8 aromatic carbocycles. The van der Waals surface area contributed by atoms with Crippen molar-refractivity contribution >= 4 is 54.4 Å². The molecule has 3 heteroatoms. The molecular formula is C51H31N3. The van der Waals surface area contributed by atoms with E-state index in [1.54, 1.807) is 0 Å². The van der Waals surface area contributed by atoms with E-state index in [0.717, 1.165) is 11.4 Å². The first-order valence-electron chi connectivity index (χ1n) is 18.5. The lowest BCUT2D eigenvalue weighted by Crippen LogP contribution is -1.93. The Morgan fingerprint density at radius 1 is 0.315 bits per heavy atom. The van der Waals surface area contributed by atoms with Crippen LogP contribution in [0.5, 0.6) is 0 Å². The summed E-state index contributed by atoms with van der Waals surface area (Å²) < 4.78 is 4.78. The molecule has 0 unspecified atom stereocenters. The van der Waals surface area contributed by atoms with Gasteiger partial charge in [-0.2, -0.15) is 0 Å². The second-order valence-electron chi connectivity index (χ2n) is 14.3. The highest BCUT2D eigenvalue weighted by atomic mass is 15.0. The highest BCUT2D eigenvalue weighted by molar-refractivity contribution is 6.19. The lowest BCUT2D eigenvalue weighted by atomic mass is 9.93. The Morgan fingerprint density at radius 3 is 1.52 bits per heavy atom. The van der Waals surface area contributed by atoms with Crippen molar-refractivity contribution in [3.05, 3.63) is 188 Å². The molecule has 0 fully saturated rings. The van der Waals surface area contributed by atoms with Gasteiger partial charge in [0.25, 0.3) is 0 Å². The first-order chi connectivity index (χ1) is 26.8. The van der Waals surface area contributed by atoms with E-state index in [-0.39, 0.29) is 0 Å². The molecule has 0 aliphatic heterocycles. The Hall–Kier alpha value is -7.23. The molecule has 12 rings (SSSR count). The van der Waals surface area contributed by atoms with Crippen LogP contribution in [0.4, 0.5) is 0 Å². The second-order valence-corrected chi connectivity index (χ2v) is 14.3. The van der Waals surface area contributed by atoms with Gasteiger partial charge in [-0.15, -0.1) is 0 Å². The zero-order chi connectivity index (χ0) is 35.3. The molecule has 3 nitrogen and oxygen atoms in total. The van der Waals surface area contributed by atoms with Gasteiger partial charge in [0.2, 0.25) is 0 Å². The topological polar surface area (TPSA) is 22.8 Å². The number of pyridine rings is 1. The van der Waals surface area contributed by atoms with Crippen molar-refractivity contribution in [1.29, 1.82) is 0 Å². The van der Waals surface area contributed by atoms with Crippen LogP contribution in [-0.4, -0.2) is 14.1 Å². The summed E-state index contributed by atoms with van der Waals surface area (Å²) in [6.07, 6.45) is 1.90. The molecule has 0 saturated carbocycles. The zero-order valence-corrected chi connectivity index (χ0v) is 29.2. The van der Waals surface area contributed by atoms with Gasteiger partial charge in [-0.25, -0.2) is 0 Å². The third-order valence-corrected chi connectivity index (χ3v) is 11.5. The zero-order valence-electron chi connectivity index (χ0n) is 29.2. The summed E-state index contributed by atoms with van der Waals surface area (Å²) >= 11 is 0. The normalized spacial score (nSPS) is 12.1. The minimum Gasteiger partial charge on any atom is -0.309 e. The maximum Gasteiger partial charge on any atom is 0.0786 e. The van der Waals surface area contributed by atoms with Crippen LogP contribution in [0.25, 0.3) is 110 Å². The molecule has 1 aliphatic rings. The summed E-state index contributed by atoms with van der Waals surface area (Å²) in [6, 6.07) is 66.5. The summed E-state index contributed by atoms with van der Waals surface area (Å²) in [5.74, 6) is 0. The molecule has 0 saturated heterocycles. The van der Waals surface area contributed by atoms with Crippen molar-refractivity contribution < 1.29 is 0 Å². The van der Waals surface area contributed by atoms with Gasteiger partial charge in [0.1, 0.15) is 0 Å². The fourth-order valence-corrected chi connectivity index (χ4v) is 9.15. The van der Waals surface area contributed by atoms with Crippen LogP contribution < -0.4 is 0 Å². The Labute approximate surface area is 311 Å². The van der Waals surface area contributed by atoms with Crippen LogP contribution in [0.15, 0.2) is 188 Å². The maximum absolute atomic E-state index is 4.78. The third-order valence-electron chi connectivity index (χ3n) is 11.5. The number of fused-ring (bicyclic) bond motifs is 9. The van der Waals surface area contributed by atoms with Gasteiger partial charge >= 0.3 is 0 Å². The Morgan fingerprint density at radius 2 is 0.833 bits per heavy atom. The molecule has 0 radical (unpaired) electrons.